The lowest BCUT2D eigenvalue weighted by atomic mass is 10.4. The van der Waals surface area contributed by atoms with Gasteiger partial charge in [0, 0.05) is 19.0 Å². The van der Waals surface area contributed by atoms with Gasteiger partial charge in [-0.3, -0.25) is 0 Å². The Morgan fingerprint density at radius 3 is 2.89 bits per heavy atom. The van der Waals surface area contributed by atoms with Crippen LogP contribution in [0.4, 0.5) is 0 Å². The van der Waals surface area contributed by atoms with Crippen molar-refractivity contribution in [2.75, 3.05) is 13.2 Å². The average Bonchev–Trinajstić information content (AvgIpc) is 2.89. The van der Waals surface area contributed by atoms with Gasteiger partial charge in [-0.05, 0) is 31.5 Å². The fourth-order valence-corrected chi connectivity index (χ4v) is 1.51. The van der Waals surface area contributed by atoms with Crippen LogP contribution in [0.2, 0.25) is 5.28 Å². The van der Waals surface area contributed by atoms with Gasteiger partial charge in [0.15, 0.2) is 0 Å². The molecule has 2 aromatic rings. The van der Waals surface area contributed by atoms with E-state index < -0.39 is 0 Å². The number of hydrogen-bond acceptors (Lipinski definition) is 6. The van der Waals surface area contributed by atoms with Gasteiger partial charge in [-0.1, -0.05) is 0 Å². The van der Waals surface area contributed by atoms with Crippen molar-refractivity contribution in [1.29, 1.82) is 0 Å². The van der Waals surface area contributed by atoms with Crippen LogP contribution in [0.1, 0.15) is 13.8 Å². The monoisotopic (exact) mass is 283 g/mol. The lowest BCUT2D eigenvalue weighted by Crippen LogP contribution is -2.21. The summed E-state index contributed by atoms with van der Waals surface area (Å²) < 4.78 is 12.3. The van der Waals surface area contributed by atoms with E-state index in [4.69, 9.17) is 21.1 Å². The van der Waals surface area contributed by atoms with Crippen molar-refractivity contribution >= 4 is 11.6 Å². The van der Waals surface area contributed by atoms with Crippen LogP contribution in [0.5, 0.6) is 6.01 Å². The van der Waals surface area contributed by atoms with Crippen molar-refractivity contribution < 1.29 is 9.47 Å². The Bertz CT molecular complexity index is 520. The van der Waals surface area contributed by atoms with Crippen LogP contribution >= 0.6 is 11.6 Å². The highest BCUT2D eigenvalue weighted by atomic mass is 35.5. The standard InChI is InChI=1S/C11H14ClN5O2/c1-3-18-7-8(2)19-11-15-9(12)14-10(16-11)17-6-4-5-13-17/h4-6,8H,3,7H2,1-2H3. The number of halogens is 1. The molecule has 1 atom stereocenters. The highest BCUT2D eigenvalue weighted by Crippen LogP contribution is 2.12. The Morgan fingerprint density at radius 1 is 1.37 bits per heavy atom. The van der Waals surface area contributed by atoms with E-state index in [0.717, 1.165) is 0 Å². The van der Waals surface area contributed by atoms with Crippen LogP contribution in [0, 0.1) is 0 Å². The molecule has 0 bridgehead atoms. The second-order valence-corrected chi connectivity index (χ2v) is 4.06. The Hall–Kier alpha value is -1.73. The first-order valence-corrected chi connectivity index (χ1v) is 6.23. The van der Waals surface area contributed by atoms with Gasteiger partial charge < -0.3 is 9.47 Å². The van der Waals surface area contributed by atoms with Crippen molar-refractivity contribution in [3.8, 4) is 12.0 Å². The maximum atomic E-state index is 5.84. The van der Waals surface area contributed by atoms with Gasteiger partial charge in [0.25, 0.3) is 5.95 Å². The van der Waals surface area contributed by atoms with Crippen LogP contribution in [-0.4, -0.2) is 44.1 Å². The summed E-state index contributed by atoms with van der Waals surface area (Å²) in [6.07, 6.45) is 3.15. The lowest BCUT2D eigenvalue weighted by Gasteiger charge is -2.13. The molecule has 2 aromatic heterocycles. The fourth-order valence-electron chi connectivity index (χ4n) is 1.36. The Labute approximate surface area is 115 Å². The summed E-state index contributed by atoms with van der Waals surface area (Å²) in [6, 6.07) is 1.91. The smallest absolute Gasteiger partial charge is 0.322 e. The number of aromatic nitrogens is 5. The molecule has 19 heavy (non-hydrogen) atoms. The summed E-state index contributed by atoms with van der Waals surface area (Å²) in [5.74, 6) is 0.309. The molecule has 2 rings (SSSR count). The lowest BCUT2D eigenvalue weighted by molar-refractivity contribution is 0.0605. The fraction of sp³-hybridized carbons (Fsp3) is 0.455. The van der Waals surface area contributed by atoms with E-state index >= 15 is 0 Å². The summed E-state index contributed by atoms with van der Waals surface area (Å²) in [4.78, 5) is 12.0. The van der Waals surface area contributed by atoms with Gasteiger partial charge in [-0.15, -0.1) is 0 Å². The SMILES string of the molecule is CCOCC(C)Oc1nc(Cl)nc(-n2cccn2)n1. The zero-order valence-corrected chi connectivity index (χ0v) is 11.4. The number of hydrogen-bond donors (Lipinski definition) is 0. The first-order valence-electron chi connectivity index (χ1n) is 5.85. The minimum Gasteiger partial charge on any atom is -0.458 e. The van der Waals surface area contributed by atoms with Crippen molar-refractivity contribution in [2.45, 2.75) is 20.0 Å². The van der Waals surface area contributed by atoms with Crippen molar-refractivity contribution in [2.24, 2.45) is 0 Å². The quantitative estimate of drug-likeness (QED) is 0.800. The zero-order valence-electron chi connectivity index (χ0n) is 10.7. The molecule has 0 aliphatic carbocycles. The zero-order chi connectivity index (χ0) is 13.7. The van der Waals surface area contributed by atoms with E-state index in [1.807, 2.05) is 13.8 Å². The summed E-state index contributed by atoms with van der Waals surface area (Å²) >= 11 is 5.84. The molecule has 0 aliphatic heterocycles. The van der Waals surface area contributed by atoms with Gasteiger partial charge in [0.1, 0.15) is 6.10 Å². The van der Waals surface area contributed by atoms with Crippen LogP contribution in [0.25, 0.3) is 5.95 Å². The number of ether oxygens (including phenoxy) is 2. The van der Waals surface area contributed by atoms with Gasteiger partial charge in [-0.2, -0.15) is 20.1 Å². The van der Waals surface area contributed by atoms with E-state index in [-0.39, 0.29) is 17.4 Å². The molecule has 1 unspecified atom stereocenters. The number of rotatable bonds is 6. The molecule has 0 saturated carbocycles. The van der Waals surface area contributed by atoms with Gasteiger partial charge >= 0.3 is 6.01 Å². The molecule has 0 fully saturated rings. The van der Waals surface area contributed by atoms with Crippen molar-refractivity contribution in [3.05, 3.63) is 23.7 Å². The third-order valence-electron chi connectivity index (χ3n) is 2.15. The van der Waals surface area contributed by atoms with Crippen molar-refractivity contribution in [3.63, 3.8) is 0 Å². The molecule has 0 amide bonds. The minimum absolute atomic E-state index is 0.0547. The molecular weight excluding hydrogens is 270 g/mol. The molecule has 0 spiro atoms. The van der Waals surface area contributed by atoms with Gasteiger partial charge in [0.2, 0.25) is 5.28 Å². The maximum Gasteiger partial charge on any atom is 0.322 e. The summed E-state index contributed by atoms with van der Waals surface area (Å²) in [6.45, 7) is 4.87. The summed E-state index contributed by atoms with van der Waals surface area (Å²) in [7, 11) is 0. The van der Waals surface area contributed by atoms with Crippen LogP contribution in [0.3, 0.4) is 0 Å². The minimum atomic E-state index is -0.177. The highest BCUT2D eigenvalue weighted by Gasteiger charge is 2.11. The van der Waals surface area contributed by atoms with E-state index in [2.05, 4.69) is 20.1 Å². The van der Waals surface area contributed by atoms with Gasteiger partial charge in [-0.25, -0.2) is 4.68 Å². The molecule has 102 valence electrons. The second kappa shape index (κ2) is 6.44. The van der Waals surface area contributed by atoms with E-state index in [1.54, 1.807) is 18.5 Å². The highest BCUT2D eigenvalue weighted by molar-refractivity contribution is 6.28. The summed E-state index contributed by atoms with van der Waals surface area (Å²) in [5.41, 5.74) is 0. The normalized spacial score (nSPS) is 12.4. The molecule has 8 heteroatoms. The molecule has 0 aromatic carbocycles. The Balaban J connectivity index is 2.13. The predicted molar refractivity (Wildman–Crippen MR) is 68.5 cm³/mol. The average molecular weight is 284 g/mol. The molecule has 0 N–H and O–H groups in total. The first kappa shape index (κ1) is 13.7. The van der Waals surface area contributed by atoms with Crippen molar-refractivity contribution in [1.82, 2.24) is 24.7 Å². The van der Waals surface area contributed by atoms with Crippen LogP contribution in [0.15, 0.2) is 18.5 Å². The largest absolute Gasteiger partial charge is 0.458 e. The summed E-state index contributed by atoms with van der Waals surface area (Å²) in [5, 5.41) is 4.08. The third kappa shape index (κ3) is 3.87. The molecule has 2 heterocycles. The topological polar surface area (TPSA) is 75.0 Å². The Kier molecular flexibility index (Phi) is 4.64. The first-order chi connectivity index (χ1) is 9.19. The molecule has 7 nitrogen and oxygen atoms in total. The van der Waals surface area contributed by atoms with Gasteiger partial charge in [0.05, 0.1) is 6.61 Å². The van der Waals surface area contributed by atoms with E-state index in [9.17, 15) is 0 Å². The Morgan fingerprint density at radius 2 is 2.21 bits per heavy atom. The third-order valence-corrected chi connectivity index (χ3v) is 2.32. The van der Waals surface area contributed by atoms with Crippen LogP contribution in [-0.2, 0) is 4.74 Å². The second-order valence-electron chi connectivity index (χ2n) is 3.73. The van der Waals surface area contributed by atoms with E-state index in [0.29, 0.717) is 19.2 Å². The predicted octanol–water partition coefficient (Wildman–Crippen LogP) is 1.51. The van der Waals surface area contributed by atoms with E-state index in [1.165, 1.54) is 4.68 Å². The maximum absolute atomic E-state index is 5.84. The molecule has 0 radical (unpaired) electrons. The van der Waals surface area contributed by atoms with Crippen LogP contribution < -0.4 is 4.74 Å². The number of nitrogens with zero attached hydrogens (tertiary/aromatic N) is 5. The molecule has 0 aliphatic rings. The molecular formula is C11H14ClN5O2. The molecule has 0 saturated heterocycles.